The molecule has 0 heterocycles. The largest absolute Gasteiger partial charge is 0.409 e. The Kier molecular flexibility index (Phi) is 4.29. The van der Waals surface area contributed by atoms with Gasteiger partial charge in [-0.15, -0.1) is 0 Å². The summed E-state index contributed by atoms with van der Waals surface area (Å²) >= 11 is 3.45. The van der Waals surface area contributed by atoms with E-state index in [0.29, 0.717) is 5.56 Å². The molecule has 0 amide bonds. The first-order chi connectivity index (χ1) is 9.54. The maximum absolute atomic E-state index is 8.96. The van der Waals surface area contributed by atoms with Crippen molar-refractivity contribution in [3.8, 4) is 0 Å². The van der Waals surface area contributed by atoms with Gasteiger partial charge < -0.3 is 15.8 Å². The second-order valence-corrected chi connectivity index (χ2v) is 5.37. The molecule has 2 rings (SSSR count). The van der Waals surface area contributed by atoms with Crippen LogP contribution in [0.4, 0.5) is 11.4 Å². The second-order valence-electron chi connectivity index (χ2n) is 4.52. The zero-order valence-corrected chi connectivity index (χ0v) is 12.9. The minimum Gasteiger partial charge on any atom is -0.409 e. The molecule has 5 heteroatoms. The van der Waals surface area contributed by atoms with Gasteiger partial charge in [0.25, 0.3) is 0 Å². The Morgan fingerprint density at radius 1 is 1.25 bits per heavy atom. The molecule has 0 bridgehead atoms. The predicted octanol–water partition coefficient (Wildman–Crippen LogP) is 3.62. The Bertz CT molecular complexity index is 655. The fraction of sp³-hybridized carbons (Fsp3) is 0.133. The molecule has 0 unspecified atom stereocenters. The number of benzene rings is 2. The lowest BCUT2D eigenvalue weighted by molar-refractivity contribution is 0.318. The fourth-order valence-electron chi connectivity index (χ4n) is 2.07. The molecular weight excluding hydrogens is 318 g/mol. The zero-order chi connectivity index (χ0) is 14.7. The van der Waals surface area contributed by atoms with Crippen LogP contribution in [0.2, 0.25) is 0 Å². The summed E-state index contributed by atoms with van der Waals surface area (Å²) in [7, 11) is 1.95. The Morgan fingerprint density at radius 3 is 2.60 bits per heavy atom. The van der Waals surface area contributed by atoms with E-state index in [2.05, 4.69) is 27.2 Å². The van der Waals surface area contributed by atoms with Gasteiger partial charge in [0.15, 0.2) is 5.84 Å². The zero-order valence-electron chi connectivity index (χ0n) is 11.3. The number of hydrogen-bond donors (Lipinski definition) is 2. The highest BCUT2D eigenvalue weighted by Gasteiger charge is 2.15. The standard InChI is InChI=1S/C15H16BrN3O/c1-10-5-3-6-11(9-10)19(2)13-8-4-7-12(16)14(13)15(17)18-20/h3-9,20H,1-2H3,(H2,17,18). The second kappa shape index (κ2) is 5.96. The first-order valence-corrected chi connectivity index (χ1v) is 6.90. The van der Waals surface area contributed by atoms with Crippen molar-refractivity contribution in [2.45, 2.75) is 6.92 Å². The molecule has 104 valence electrons. The molecule has 0 saturated carbocycles. The van der Waals surface area contributed by atoms with E-state index in [1.165, 1.54) is 5.56 Å². The quantitative estimate of drug-likeness (QED) is 0.390. The van der Waals surface area contributed by atoms with Gasteiger partial charge in [0.1, 0.15) is 0 Å². The monoisotopic (exact) mass is 333 g/mol. The molecule has 4 nitrogen and oxygen atoms in total. The fourth-order valence-corrected chi connectivity index (χ4v) is 2.63. The number of amidine groups is 1. The van der Waals surface area contributed by atoms with Crippen molar-refractivity contribution in [3.63, 3.8) is 0 Å². The maximum Gasteiger partial charge on any atom is 0.173 e. The van der Waals surface area contributed by atoms with E-state index in [1.807, 2.05) is 55.3 Å². The minimum absolute atomic E-state index is 0.0759. The van der Waals surface area contributed by atoms with E-state index >= 15 is 0 Å². The number of nitrogens with two attached hydrogens (primary N) is 1. The van der Waals surface area contributed by atoms with Crippen LogP contribution in [0.1, 0.15) is 11.1 Å². The van der Waals surface area contributed by atoms with Crippen LogP contribution in [0.5, 0.6) is 0 Å². The van der Waals surface area contributed by atoms with Crippen molar-refractivity contribution in [2.75, 3.05) is 11.9 Å². The smallest absolute Gasteiger partial charge is 0.173 e. The van der Waals surface area contributed by atoms with Crippen molar-refractivity contribution in [1.82, 2.24) is 0 Å². The van der Waals surface area contributed by atoms with Crippen LogP contribution in [-0.2, 0) is 0 Å². The molecule has 20 heavy (non-hydrogen) atoms. The van der Waals surface area contributed by atoms with Crippen LogP contribution < -0.4 is 10.6 Å². The number of anilines is 2. The van der Waals surface area contributed by atoms with Crippen molar-refractivity contribution < 1.29 is 5.21 Å². The summed E-state index contributed by atoms with van der Waals surface area (Å²) in [6.07, 6.45) is 0. The van der Waals surface area contributed by atoms with E-state index in [-0.39, 0.29) is 5.84 Å². The predicted molar refractivity (Wildman–Crippen MR) is 85.9 cm³/mol. The molecule has 3 N–H and O–H groups in total. The molecule has 0 aromatic heterocycles. The molecule has 2 aromatic rings. The Labute approximate surface area is 126 Å². The Balaban J connectivity index is 2.55. The lowest BCUT2D eigenvalue weighted by Crippen LogP contribution is -2.20. The van der Waals surface area contributed by atoms with Crippen LogP contribution in [0.15, 0.2) is 52.1 Å². The third-order valence-corrected chi connectivity index (χ3v) is 3.77. The maximum atomic E-state index is 8.96. The molecule has 0 fully saturated rings. The van der Waals surface area contributed by atoms with Gasteiger partial charge in [-0.25, -0.2) is 0 Å². The highest BCUT2D eigenvalue weighted by atomic mass is 79.9. The van der Waals surface area contributed by atoms with E-state index in [9.17, 15) is 0 Å². The molecule has 0 atom stereocenters. The molecule has 0 radical (unpaired) electrons. The number of nitrogens with zero attached hydrogens (tertiary/aromatic N) is 2. The Hall–Kier alpha value is -2.01. The van der Waals surface area contributed by atoms with Crippen LogP contribution in [0.3, 0.4) is 0 Å². The van der Waals surface area contributed by atoms with Crippen LogP contribution in [0, 0.1) is 6.92 Å². The van der Waals surface area contributed by atoms with Crippen molar-refractivity contribution in [2.24, 2.45) is 10.9 Å². The molecule has 0 aliphatic heterocycles. The van der Waals surface area contributed by atoms with Crippen molar-refractivity contribution >= 4 is 33.1 Å². The van der Waals surface area contributed by atoms with Gasteiger partial charge in [-0.3, -0.25) is 0 Å². The van der Waals surface area contributed by atoms with Gasteiger partial charge in [0, 0.05) is 17.2 Å². The average Bonchev–Trinajstić information content (AvgIpc) is 2.45. The van der Waals surface area contributed by atoms with Gasteiger partial charge in [-0.05, 0) is 52.7 Å². The summed E-state index contributed by atoms with van der Waals surface area (Å²) in [5.74, 6) is 0.0759. The molecule has 0 aliphatic carbocycles. The number of aryl methyl sites for hydroxylation is 1. The summed E-state index contributed by atoms with van der Waals surface area (Å²) in [4.78, 5) is 2.01. The van der Waals surface area contributed by atoms with Crippen LogP contribution in [-0.4, -0.2) is 18.1 Å². The van der Waals surface area contributed by atoms with Crippen LogP contribution >= 0.6 is 15.9 Å². The van der Waals surface area contributed by atoms with E-state index in [1.54, 1.807) is 0 Å². The SMILES string of the molecule is Cc1cccc(N(C)c2cccc(Br)c2/C(N)=N/O)c1. The molecule has 0 spiro atoms. The highest BCUT2D eigenvalue weighted by Crippen LogP contribution is 2.31. The highest BCUT2D eigenvalue weighted by molar-refractivity contribution is 9.10. The summed E-state index contributed by atoms with van der Waals surface area (Å²) in [6, 6.07) is 13.9. The third-order valence-electron chi connectivity index (χ3n) is 3.11. The molecular formula is C15H16BrN3O. The van der Waals surface area contributed by atoms with Crippen molar-refractivity contribution in [1.29, 1.82) is 0 Å². The lowest BCUT2D eigenvalue weighted by atomic mass is 10.1. The summed E-state index contributed by atoms with van der Waals surface area (Å²) in [5.41, 5.74) is 9.52. The average molecular weight is 334 g/mol. The molecule has 0 aliphatic rings. The number of hydrogen-bond acceptors (Lipinski definition) is 3. The summed E-state index contributed by atoms with van der Waals surface area (Å²) in [5, 5.41) is 12.1. The third kappa shape index (κ3) is 2.77. The minimum atomic E-state index is 0.0759. The summed E-state index contributed by atoms with van der Waals surface area (Å²) < 4.78 is 0.782. The number of rotatable bonds is 3. The van der Waals surface area contributed by atoms with Crippen LogP contribution in [0.25, 0.3) is 0 Å². The van der Waals surface area contributed by atoms with E-state index in [4.69, 9.17) is 10.9 Å². The number of halogens is 1. The van der Waals surface area contributed by atoms with E-state index < -0.39 is 0 Å². The van der Waals surface area contributed by atoms with Gasteiger partial charge in [-0.2, -0.15) is 0 Å². The summed E-state index contributed by atoms with van der Waals surface area (Å²) in [6.45, 7) is 2.04. The topological polar surface area (TPSA) is 61.8 Å². The van der Waals surface area contributed by atoms with Gasteiger partial charge in [-0.1, -0.05) is 23.4 Å². The van der Waals surface area contributed by atoms with Gasteiger partial charge in [0.2, 0.25) is 0 Å². The lowest BCUT2D eigenvalue weighted by Gasteiger charge is -2.23. The Morgan fingerprint density at radius 2 is 1.95 bits per heavy atom. The molecule has 2 aromatic carbocycles. The first-order valence-electron chi connectivity index (χ1n) is 6.11. The van der Waals surface area contributed by atoms with Gasteiger partial charge >= 0.3 is 0 Å². The first kappa shape index (κ1) is 14.4. The normalized spacial score (nSPS) is 11.4. The number of oxime groups is 1. The van der Waals surface area contributed by atoms with E-state index in [0.717, 1.165) is 15.8 Å². The van der Waals surface area contributed by atoms with Gasteiger partial charge in [0.05, 0.1) is 11.3 Å². The van der Waals surface area contributed by atoms with Crippen molar-refractivity contribution in [3.05, 3.63) is 58.1 Å². The molecule has 0 saturated heterocycles.